The van der Waals surface area contributed by atoms with Crippen LogP contribution in [0.5, 0.6) is 17.2 Å². The summed E-state index contributed by atoms with van der Waals surface area (Å²) in [5.41, 5.74) is -0.983. The Morgan fingerprint density at radius 2 is 1.74 bits per heavy atom. The molecule has 1 saturated heterocycles. The Morgan fingerprint density at radius 1 is 1.03 bits per heavy atom. The van der Waals surface area contributed by atoms with Crippen molar-refractivity contribution >= 4 is 11.5 Å². The molecule has 0 bridgehead atoms. The van der Waals surface area contributed by atoms with Gasteiger partial charge in [0.2, 0.25) is 0 Å². The van der Waals surface area contributed by atoms with Crippen molar-refractivity contribution in [2.75, 3.05) is 31.2 Å². The lowest BCUT2D eigenvalue weighted by atomic mass is 10.1. The summed E-state index contributed by atoms with van der Waals surface area (Å²) in [5, 5.41) is 4.37. The lowest BCUT2D eigenvalue weighted by Gasteiger charge is -2.34. The van der Waals surface area contributed by atoms with Gasteiger partial charge in [-0.25, -0.2) is 4.98 Å². The summed E-state index contributed by atoms with van der Waals surface area (Å²) >= 11 is 0. The molecule has 0 radical (unpaired) electrons. The van der Waals surface area contributed by atoms with Gasteiger partial charge in [0, 0.05) is 49.2 Å². The molecule has 34 heavy (non-hydrogen) atoms. The minimum atomic E-state index is -4.70. The molecule has 180 valence electrons. The number of alkyl halides is 3. The first-order chi connectivity index (χ1) is 16.2. The predicted molar refractivity (Wildman–Crippen MR) is 117 cm³/mol. The minimum absolute atomic E-state index is 0.0144. The summed E-state index contributed by atoms with van der Waals surface area (Å²) in [6.45, 7) is 5.71. The van der Waals surface area contributed by atoms with Gasteiger partial charge in [-0.2, -0.15) is 17.7 Å². The van der Waals surface area contributed by atoms with E-state index < -0.39 is 17.4 Å². The lowest BCUT2D eigenvalue weighted by molar-refractivity contribution is -0.141. The molecular weight excluding hydrogens is 453 g/mol. The number of hydrogen-bond acceptors (Lipinski definition) is 7. The maximum atomic E-state index is 13.1. The van der Waals surface area contributed by atoms with Gasteiger partial charge in [-0.3, -0.25) is 4.79 Å². The Kier molecular flexibility index (Phi) is 5.49. The van der Waals surface area contributed by atoms with Crippen LogP contribution in [-0.2, 0) is 6.18 Å². The van der Waals surface area contributed by atoms with Gasteiger partial charge in [0.1, 0.15) is 25.1 Å². The fourth-order valence-electron chi connectivity index (χ4n) is 4.24. The highest BCUT2D eigenvalue weighted by atomic mass is 19.4. The molecule has 2 aliphatic heterocycles. The number of aryl methyl sites for hydroxylation is 1. The van der Waals surface area contributed by atoms with Crippen molar-refractivity contribution < 1.29 is 27.4 Å². The molecular formula is C23H23F3N4O4. The molecule has 5 rings (SSSR count). The molecule has 2 aromatic heterocycles. The van der Waals surface area contributed by atoms with Crippen molar-refractivity contribution in [1.82, 2.24) is 14.6 Å². The quantitative estimate of drug-likeness (QED) is 0.572. The number of aromatic nitrogens is 3. The molecule has 0 unspecified atom stereocenters. The minimum Gasteiger partial charge on any atom is -0.490 e. The van der Waals surface area contributed by atoms with E-state index in [0.29, 0.717) is 79.4 Å². The third kappa shape index (κ3) is 4.10. The molecule has 0 saturated carbocycles. The molecule has 0 atom stereocenters. The van der Waals surface area contributed by atoms with Crippen molar-refractivity contribution in [2.45, 2.75) is 39.0 Å². The highest BCUT2D eigenvalue weighted by Crippen LogP contribution is 2.35. The van der Waals surface area contributed by atoms with Crippen LogP contribution >= 0.6 is 0 Å². The van der Waals surface area contributed by atoms with E-state index in [1.165, 1.54) is 0 Å². The number of nitrogens with zero attached hydrogens (tertiary/aromatic N) is 4. The Balaban J connectivity index is 1.34. The second-order valence-corrected chi connectivity index (χ2v) is 8.40. The Morgan fingerprint density at radius 3 is 2.44 bits per heavy atom. The van der Waals surface area contributed by atoms with Gasteiger partial charge in [0.15, 0.2) is 28.7 Å². The van der Waals surface area contributed by atoms with Gasteiger partial charge >= 0.3 is 6.18 Å². The van der Waals surface area contributed by atoms with Crippen LogP contribution < -0.4 is 24.7 Å². The van der Waals surface area contributed by atoms with Crippen molar-refractivity contribution in [3.05, 3.63) is 51.4 Å². The zero-order valence-corrected chi connectivity index (χ0v) is 18.7. The van der Waals surface area contributed by atoms with E-state index in [1.807, 2.05) is 23.1 Å². The number of anilines is 1. The molecule has 11 heteroatoms. The van der Waals surface area contributed by atoms with Gasteiger partial charge in [-0.05, 0) is 26.0 Å². The number of fused-ring (bicyclic) bond motifs is 2. The summed E-state index contributed by atoms with van der Waals surface area (Å²) in [7, 11) is 0. The zero-order valence-electron chi connectivity index (χ0n) is 18.7. The summed E-state index contributed by atoms with van der Waals surface area (Å²) in [5.74, 6) is 2.64. The highest BCUT2D eigenvalue weighted by Gasteiger charge is 2.34. The Hall–Kier alpha value is -3.50. The molecule has 0 aliphatic carbocycles. The molecule has 3 aromatic rings. The number of hydrogen-bond donors (Lipinski definition) is 0. The molecule has 0 N–H and O–H groups in total. The Bertz CT molecular complexity index is 1300. The smallest absolute Gasteiger partial charge is 0.433 e. The van der Waals surface area contributed by atoms with Crippen LogP contribution in [-0.4, -0.2) is 47.0 Å². The van der Waals surface area contributed by atoms with E-state index in [0.717, 1.165) is 4.52 Å². The van der Waals surface area contributed by atoms with Gasteiger partial charge < -0.3 is 19.1 Å². The standard InChI is InChI=1S/C23H23F3N4O4/c1-13-14(2)22(28-30-20(31)12-19(23(24,25)26)27-21(13)30)29-7-5-15(6-8-29)34-16-3-4-17-18(11-16)33-10-9-32-17/h3-4,11-12,15H,5-10H2,1-2H3. The van der Waals surface area contributed by atoms with E-state index in [4.69, 9.17) is 14.2 Å². The summed E-state index contributed by atoms with van der Waals surface area (Å²) in [4.78, 5) is 18.1. The van der Waals surface area contributed by atoms with Crippen LogP contribution in [0.1, 0.15) is 29.7 Å². The van der Waals surface area contributed by atoms with E-state index in [9.17, 15) is 18.0 Å². The molecule has 0 spiro atoms. The normalized spacial score (nSPS) is 16.7. The van der Waals surface area contributed by atoms with Crippen molar-refractivity contribution in [1.29, 1.82) is 0 Å². The molecule has 1 aromatic carbocycles. The van der Waals surface area contributed by atoms with Gasteiger partial charge in [0.25, 0.3) is 5.56 Å². The predicted octanol–water partition coefficient (Wildman–Crippen LogP) is 3.54. The van der Waals surface area contributed by atoms with E-state index >= 15 is 0 Å². The number of rotatable bonds is 3. The van der Waals surface area contributed by atoms with E-state index in [1.54, 1.807) is 13.8 Å². The summed E-state index contributed by atoms with van der Waals surface area (Å²) in [6.07, 6.45) is -3.29. The van der Waals surface area contributed by atoms with Crippen LogP contribution in [0.4, 0.5) is 19.0 Å². The van der Waals surface area contributed by atoms with Crippen molar-refractivity contribution in [3.8, 4) is 17.2 Å². The van der Waals surface area contributed by atoms with Crippen molar-refractivity contribution in [2.24, 2.45) is 0 Å². The van der Waals surface area contributed by atoms with Crippen LogP contribution in [0, 0.1) is 13.8 Å². The zero-order chi connectivity index (χ0) is 24.0. The van der Waals surface area contributed by atoms with Gasteiger partial charge in [-0.15, -0.1) is 5.10 Å². The third-order valence-corrected chi connectivity index (χ3v) is 6.17. The molecule has 2 aliphatic rings. The first-order valence-electron chi connectivity index (χ1n) is 11.0. The summed E-state index contributed by atoms with van der Waals surface area (Å²) in [6, 6.07) is 5.99. The molecule has 8 nitrogen and oxygen atoms in total. The SMILES string of the molecule is Cc1c(N2CCC(Oc3ccc4c(c3)OCCO4)CC2)nn2c(=O)cc(C(F)(F)F)nc2c1C. The van der Waals surface area contributed by atoms with E-state index in [2.05, 4.69) is 10.1 Å². The fraction of sp³-hybridized carbons (Fsp3) is 0.435. The maximum absolute atomic E-state index is 13.1. The number of ether oxygens (including phenoxy) is 3. The number of piperidine rings is 1. The van der Waals surface area contributed by atoms with Crippen molar-refractivity contribution in [3.63, 3.8) is 0 Å². The second-order valence-electron chi connectivity index (χ2n) is 8.40. The monoisotopic (exact) mass is 476 g/mol. The van der Waals surface area contributed by atoms with Crippen LogP contribution in [0.2, 0.25) is 0 Å². The largest absolute Gasteiger partial charge is 0.490 e. The maximum Gasteiger partial charge on any atom is 0.433 e. The first-order valence-corrected chi connectivity index (χ1v) is 11.0. The average molecular weight is 476 g/mol. The Labute approximate surface area is 192 Å². The van der Waals surface area contributed by atoms with E-state index in [-0.39, 0.29) is 11.8 Å². The fourth-order valence-corrected chi connectivity index (χ4v) is 4.24. The number of halogens is 3. The second kappa shape index (κ2) is 8.37. The van der Waals surface area contributed by atoms with Crippen LogP contribution in [0.15, 0.2) is 29.1 Å². The lowest BCUT2D eigenvalue weighted by Crippen LogP contribution is -2.40. The topological polar surface area (TPSA) is 78.2 Å². The average Bonchev–Trinajstić information content (AvgIpc) is 2.81. The van der Waals surface area contributed by atoms with Gasteiger partial charge in [-0.1, -0.05) is 0 Å². The van der Waals surface area contributed by atoms with Gasteiger partial charge in [0.05, 0.1) is 0 Å². The van der Waals surface area contributed by atoms with Crippen LogP contribution in [0.3, 0.4) is 0 Å². The van der Waals surface area contributed by atoms with Crippen LogP contribution in [0.25, 0.3) is 5.65 Å². The summed E-state index contributed by atoms with van der Waals surface area (Å²) < 4.78 is 57.6. The highest BCUT2D eigenvalue weighted by molar-refractivity contribution is 5.59. The third-order valence-electron chi connectivity index (χ3n) is 6.17. The number of benzene rings is 1. The molecule has 1 fully saturated rings. The first kappa shape index (κ1) is 22.3. The molecule has 0 amide bonds. The molecule has 4 heterocycles.